The lowest BCUT2D eigenvalue weighted by Crippen LogP contribution is -2.53. The van der Waals surface area contributed by atoms with Gasteiger partial charge in [-0.2, -0.15) is 0 Å². The molecule has 0 aliphatic carbocycles. The molecule has 2 heterocycles. The SMILES string of the molecule is COCC1(CNC(=O)c2ccncc2Cl)CCCN1. The number of ether oxygens (including phenoxy) is 1. The van der Waals surface area contributed by atoms with Gasteiger partial charge in [-0.25, -0.2) is 0 Å². The molecule has 104 valence electrons. The number of rotatable bonds is 5. The van der Waals surface area contributed by atoms with Gasteiger partial charge in [0.2, 0.25) is 0 Å². The van der Waals surface area contributed by atoms with Gasteiger partial charge in [0, 0.05) is 26.0 Å². The molecule has 1 aliphatic heterocycles. The Balaban J connectivity index is 1.98. The smallest absolute Gasteiger partial charge is 0.252 e. The van der Waals surface area contributed by atoms with Crippen LogP contribution < -0.4 is 10.6 Å². The molecule has 1 atom stereocenters. The van der Waals surface area contributed by atoms with Crippen molar-refractivity contribution in [3.05, 3.63) is 29.0 Å². The molecule has 1 fully saturated rings. The maximum Gasteiger partial charge on any atom is 0.252 e. The van der Waals surface area contributed by atoms with Crippen LogP contribution in [0.3, 0.4) is 0 Å². The van der Waals surface area contributed by atoms with Gasteiger partial charge >= 0.3 is 0 Å². The van der Waals surface area contributed by atoms with Crippen molar-refractivity contribution in [1.29, 1.82) is 0 Å². The van der Waals surface area contributed by atoms with Crippen molar-refractivity contribution in [2.75, 3.05) is 26.8 Å². The quantitative estimate of drug-likeness (QED) is 0.853. The van der Waals surface area contributed by atoms with Crippen molar-refractivity contribution < 1.29 is 9.53 Å². The van der Waals surface area contributed by atoms with Crippen molar-refractivity contribution >= 4 is 17.5 Å². The summed E-state index contributed by atoms with van der Waals surface area (Å²) in [5, 5.41) is 6.68. The number of carbonyl (C=O) groups is 1. The molecule has 2 N–H and O–H groups in total. The van der Waals surface area contributed by atoms with E-state index in [-0.39, 0.29) is 11.4 Å². The topological polar surface area (TPSA) is 63.2 Å². The average molecular weight is 284 g/mol. The standard InChI is InChI=1S/C13H18ClN3O2/c1-19-9-13(4-2-5-17-13)8-16-12(18)10-3-6-15-7-11(10)14/h3,6-7,17H,2,4-5,8-9H2,1H3,(H,16,18). The number of hydrogen-bond acceptors (Lipinski definition) is 4. The normalized spacial score (nSPS) is 22.4. The van der Waals surface area contributed by atoms with E-state index in [0.717, 1.165) is 19.4 Å². The minimum Gasteiger partial charge on any atom is -0.383 e. The third-order valence-electron chi connectivity index (χ3n) is 3.36. The molecule has 5 nitrogen and oxygen atoms in total. The molecule has 6 heteroatoms. The molecule has 0 bridgehead atoms. The number of nitrogens with zero attached hydrogens (tertiary/aromatic N) is 1. The highest BCUT2D eigenvalue weighted by Crippen LogP contribution is 2.19. The Hall–Kier alpha value is -1.17. The van der Waals surface area contributed by atoms with Gasteiger partial charge in [-0.3, -0.25) is 9.78 Å². The minimum atomic E-state index is -0.184. The zero-order valence-electron chi connectivity index (χ0n) is 10.9. The Morgan fingerprint density at radius 1 is 1.68 bits per heavy atom. The highest BCUT2D eigenvalue weighted by molar-refractivity contribution is 6.33. The predicted octanol–water partition coefficient (Wildman–Crippen LogP) is 1.23. The first kappa shape index (κ1) is 14.2. The zero-order chi connectivity index (χ0) is 13.7. The fourth-order valence-electron chi connectivity index (χ4n) is 2.37. The minimum absolute atomic E-state index is 0.163. The number of carbonyl (C=O) groups excluding carboxylic acids is 1. The Morgan fingerprint density at radius 3 is 3.16 bits per heavy atom. The summed E-state index contributed by atoms with van der Waals surface area (Å²) in [6, 6.07) is 1.61. The van der Waals surface area contributed by atoms with Crippen LogP contribution in [0.2, 0.25) is 5.02 Å². The number of aromatic nitrogens is 1. The molecule has 0 radical (unpaired) electrons. The number of nitrogens with one attached hydrogen (secondary N) is 2. The van der Waals surface area contributed by atoms with Gasteiger partial charge in [-0.15, -0.1) is 0 Å². The predicted molar refractivity (Wildman–Crippen MR) is 73.4 cm³/mol. The highest BCUT2D eigenvalue weighted by Gasteiger charge is 2.33. The molecule has 1 amide bonds. The highest BCUT2D eigenvalue weighted by atomic mass is 35.5. The summed E-state index contributed by atoms with van der Waals surface area (Å²) in [4.78, 5) is 15.9. The molecule has 0 saturated carbocycles. The molecule has 2 rings (SSSR count). The van der Waals surface area contributed by atoms with Crippen LogP contribution in [-0.4, -0.2) is 43.2 Å². The first-order valence-electron chi connectivity index (χ1n) is 6.28. The molecule has 0 spiro atoms. The fourth-order valence-corrected chi connectivity index (χ4v) is 2.58. The van der Waals surface area contributed by atoms with Crippen LogP contribution in [-0.2, 0) is 4.74 Å². The van der Waals surface area contributed by atoms with Crippen molar-refractivity contribution in [2.24, 2.45) is 0 Å². The summed E-state index contributed by atoms with van der Waals surface area (Å²) in [5.74, 6) is -0.184. The number of pyridine rings is 1. The summed E-state index contributed by atoms with van der Waals surface area (Å²) >= 11 is 5.95. The second kappa shape index (κ2) is 6.32. The largest absolute Gasteiger partial charge is 0.383 e. The lowest BCUT2D eigenvalue weighted by Gasteiger charge is -2.29. The van der Waals surface area contributed by atoms with E-state index in [1.807, 2.05) is 0 Å². The molecule has 1 aromatic rings. The van der Waals surface area contributed by atoms with Gasteiger partial charge in [0.25, 0.3) is 5.91 Å². The second-order valence-electron chi connectivity index (χ2n) is 4.78. The monoisotopic (exact) mass is 283 g/mol. The maximum atomic E-state index is 12.1. The van der Waals surface area contributed by atoms with E-state index in [1.165, 1.54) is 6.20 Å². The van der Waals surface area contributed by atoms with Crippen LogP contribution in [0, 0.1) is 0 Å². The van der Waals surface area contributed by atoms with Gasteiger partial charge in [0.15, 0.2) is 0 Å². The summed E-state index contributed by atoms with van der Waals surface area (Å²) in [5.41, 5.74) is 0.284. The van der Waals surface area contributed by atoms with Crippen molar-refractivity contribution in [3.63, 3.8) is 0 Å². The summed E-state index contributed by atoms with van der Waals surface area (Å²) in [7, 11) is 1.67. The number of methoxy groups -OCH3 is 1. The third kappa shape index (κ3) is 3.43. The molecule has 1 unspecified atom stereocenters. The van der Waals surface area contributed by atoms with Crippen LogP contribution in [0.25, 0.3) is 0 Å². The van der Waals surface area contributed by atoms with Crippen molar-refractivity contribution in [2.45, 2.75) is 18.4 Å². The number of hydrogen-bond donors (Lipinski definition) is 2. The molecule has 1 saturated heterocycles. The van der Waals surface area contributed by atoms with Crippen LogP contribution in [0.1, 0.15) is 23.2 Å². The van der Waals surface area contributed by atoms with E-state index in [1.54, 1.807) is 19.4 Å². The van der Waals surface area contributed by atoms with Crippen LogP contribution in [0.4, 0.5) is 0 Å². The van der Waals surface area contributed by atoms with Crippen LogP contribution in [0.15, 0.2) is 18.5 Å². The van der Waals surface area contributed by atoms with Crippen LogP contribution in [0.5, 0.6) is 0 Å². The van der Waals surface area contributed by atoms with Gasteiger partial charge in [0.05, 0.1) is 22.7 Å². The van der Waals surface area contributed by atoms with Crippen molar-refractivity contribution in [3.8, 4) is 0 Å². The van der Waals surface area contributed by atoms with Gasteiger partial charge in [-0.1, -0.05) is 11.6 Å². The van der Waals surface area contributed by atoms with E-state index in [0.29, 0.717) is 23.7 Å². The Morgan fingerprint density at radius 2 is 2.53 bits per heavy atom. The number of amides is 1. The van der Waals surface area contributed by atoms with E-state index < -0.39 is 0 Å². The van der Waals surface area contributed by atoms with Crippen molar-refractivity contribution in [1.82, 2.24) is 15.6 Å². The Labute approximate surface area is 117 Å². The van der Waals surface area contributed by atoms with E-state index in [9.17, 15) is 4.79 Å². The maximum absolute atomic E-state index is 12.1. The van der Waals surface area contributed by atoms with Gasteiger partial charge in [-0.05, 0) is 25.5 Å². The third-order valence-corrected chi connectivity index (χ3v) is 3.66. The fraction of sp³-hybridized carbons (Fsp3) is 0.538. The lowest BCUT2D eigenvalue weighted by molar-refractivity contribution is 0.0892. The first-order chi connectivity index (χ1) is 9.17. The molecule has 19 heavy (non-hydrogen) atoms. The van der Waals surface area contributed by atoms with Gasteiger partial charge in [0.1, 0.15) is 0 Å². The molecular weight excluding hydrogens is 266 g/mol. The average Bonchev–Trinajstić information content (AvgIpc) is 2.86. The Bertz CT molecular complexity index is 447. The van der Waals surface area contributed by atoms with E-state index in [4.69, 9.17) is 16.3 Å². The molecular formula is C13H18ClN3O2. The zero-order valence-corrected chi connectivity index (χ0v) is 11.7. The molecule has 1 aliphatic rings. The molecule has 0 aromatic carbocycles. The summed E-state index contributed by atoms with van der Waals surface area (Å²) in [6.45, 7) is 2.06. The first-order valence-corrected chi connectivity index (χ1v) is 6.66. The van der Waals surface area contributed by atoms with E-state index >= 15 is 0 Å². The summed E-state index contributed by atoms with van der Waals surface area (Å²) < 4.78 is 5.24. The second-order valence-corrected chi connectivity index (χ2v) is 5.19. The summed E-state index contributed by atoms with van der Waals surface area (Å²) in [6.07, 6.45) is 5.11. The Kier molecular flexibility index (Phi) is 4.74. The van der Waals surface area contributed by atoms with Crippen LogP contribution >= 0.6 is 11.6 Å². The van der Waals surface area contributed by atoms with E-state index in [2.05, 4.69) is 15.6 Å². The number of halogens is 1. The van der Waals surface area contributed by atoms with Gasteiger partial charge < -0.3 is 15.4 Å². The lowest BCUT2D eigenvalue weighted by atomic mass is 9.98. The molecule has 1 aromatic heterocycles.